The van der Waals surface area contributed by atoms with Crippen LogP contribution in [0.1, 0.15) is 51.7 Å². The Morgan fingerprint density at radius 3 is 2.48 bits per heavy atom. The van der Waals surface area contributed by atoms with Gasteiger partial charge in [0, 0.05) is 25.9 Å². The second-order valence-electron chi connectivity index (χ2n) is 6.55. The molecule has 0 saturated carbocycles. The first kappa shape index (κ1) is 19.4. The summed E-state index contributed by atoms with van der Waals surface area (Å²) in [5, 5.41) is 0. The monoisotopic (exact) mass is 346 g/mol. The van der Waals surface area contributed by atoms with Crippen molar-refractivity contribution in [2.24, 2.45) is 0 Å². The van der Waals surface area contributed by atoms with Crippen molar-refractivity contribution >= 4 is 11.8 Å². The van der Waals surface area contributed by atoms with Crippen LogP contribution in [0.4, 0.5) is 0 Å². The molecule has 0 unspecified atom stereocenters. The van der Waals surface area contributed by atoms with Crippen LogP contribution >= 0.6 is 0 Å². The third-order valence-corrected chi connectivity index (χ3v) is 4.82. The molecule has 2 atom stereocenters. The van der Waals surface area contributed by atoms with Crippen molar-refractivity contribution in [1.82, 2.24) is 9.80 Å². The number of nitrogens with zero attached hydrogens (tertiary/aromatic N) is 2. The van der Waals surface area contributed by atoms with Gasteiger partial charge in [-0.15, -0.1) is 0 Å². The molecule has 2 rings (SSSR count). The number of hydrogen-bond acceptors (Lipinski definition) is 3. The molecule has 25 heavy (non-hydrogen) atoms. The zero-order chi connectivity index (χ0) is 18.2. The molecule has 2 amide bonds. The highest BCUT2D eigenvalue weighted by atomic mass is 16.5. The van der Waals surface area contributed by atoms with Crippen LogP contribution < -0.4 is 0 Å². The molecule has 0 N–H and O–H groups in total. The lowest BCUT2D eigenvalue weighted by molar-refractivity contribution is -0.144. The van der Waals surface area contributed by atoms with Gasteiger partial charge in [-0.25, -0.2) is 0 Å². The van der Waals surface area contributed by atoms with Gasteiger partial charge >= 0.3 is 0 Å². The number of benzene rings is 1. The highest BCUT2D eigenvalue weighted by molar-refractivity contribution is 5.79. The van der Waals surface area contributed by atoms with Gasteiger partial charge in [-0.3, -0.25) is 9.59 Å². The predicted octanol–water partition coefficient (Wildman–Crippen LogP) is 3.01. The lowest BCUT2D eigenvalue weighted by Crippen LogP contribution is -2.48. The molecule has 1 saturated heterocycles. The molecule has 0 bridgehead atoms. The molecule has 0 radical (unpaired) electrons. The van der Waals surface area contributed by atoms with Crippen molar-refractivity contribution in [1.29, 1.82) is 0 Å². The van der Waals surface area contributed by atoms with Crippen LogP contribution in [0.15, 0.2) is 30.3 Å². The average molecular weight is 346 g/mol. The minimum absolute atomic E-state index is 0.0707. The van der Waals surface area contributed by atoms with Crippen molar-refractivity contribution < 1.29 is 14.3 Å². The SMILES string of the molecule is CCN(CC)C(=O)CCCC(=O)N1C[C@H](c2ccccc2)OC[C@@H]1C. The first-order chi connectivity index (χ1) is 12.1. The van der Waals surface area contributed by atoms with Crippen molar-refractivity contribution in [3.63, 3.8) is 0 Å². The van der Waals surface area contributed by atoms with Gasteiger partial charge in [0.1, 0.15) is 6.10 Å². The molecule has 0 aliphatic carbocycles. The summed E-state index contributed by atoms with van der Waals surface area (Å²) in [4.78, 5) is 28.4. The van der Waals surface area contributed by atoms with Crippen LogP contribution in [0.25, 0.3) is 0 Å². The molecule has 5 nitrogen and oxygen atoms in total. The van der Waals surface area contributed by atoms with Crippen LogP contribution in [0.2, 0.25) is 0 Å². The van der Waals surface area contributed by atoms with Gasteiger partial charge in [0.25, 0.3) is 0 Å². The average Bonchev–Trinajstić information content (AvgIpc) is 2.63. The van der Waals surface area contributed by atoms with E-state index in [0.29, 0.717) is 32.4 Å². The van der Waals surface area contributed by atoms with E-state index in [1.165, 1.54) is 0 Å². The summed E-state index contributed by atoms with van der Waals surface area (Å²) < 4.78 is 5.91. The molecular formula is C20H30N2O3. The standard InChI is InChI=1S/C20H30N2O3/c1-4-21(5-2)19(23)12-9-13-20(24)22-14-18(25-15-16(22)3)17-10-7-6-8-11-17/h6-8,10-11,16,18H,4-5,9,12-15H2,1-3H3/t16-,18+/m0/s1. The summed E-state index contributed by atoms with van der Waals surface area (Å²) >= 11 is 0. The van der Waals surface area contributed by atoms with Gasteiger partial charge in [0.15, 0.2) is 0 Å². The van der Waals surface area contributed by atoms with Gasteiger partial charge in [-0.05, 0) is 32.8 Å². The molecular weight excluding hydrogens is 316 g/mol. The van der Waals surface area contributed by atoms with Crippen molar-refractivity contribution in [2.75, 3.05) is 26.2 Å². The van der Waals surface area contributed by atoms with Crippen LogP contribution in [0.3, 0.4) is 0 Å². The summed E-state index contributed by atoms with van der Waals surface area (Å²) in [5.41, 5.74) is 1.10. The van der Waals surface area contributed by atoms with E-state index in [1.807, 2.05) is 60.9 Å². The Morgan fingerprint density at radius 2 is 1.84 bits per heavy atom. The van der Waals surface area contributed by atoms with E-state index >= 15 is 0 Å². The number of carbonyl (C=O) groups is 2. The van der Waals surface area contributed by atoms with E-state index in [-0.39, 0.29) is 24.0 Å². The van der Waals surface area contributed by atoms with E-state index in [1.54, 1.807) is 0 Å². The lowest BCUT2D eigenvalue weighted by Gasteiger charge is -2.38. The van der Waals surface area contributed by atoms with Crippen LogP contribution in [-0.4, -0.2) is 53.9 Å². The summed E-state index contributed by atoms with van der Waals surface area (Å²) in [6, 6.07) is 10.1. The maximum absolute atomic E-state index is 12.6. The van der Waals surface area contributed by atoms with Gasteiger partial charge in [0.2, 0.25) is 11.8 Å². The number of carbonyl (C=O) groups excluding carboxylic acids is 2. The fourth-order valence-corrected chi connectivity index (χ4v) is 3.24. The van der Waals surface area contributed by atoms with E-state index in [9.17, 15) is 9.59 Å². The minimum atomic E-state index is -0.0707. The fourth-order valence-electron chi connectivity index (χ4n) is 3.24. The Kier molecular flexibility index (Phi) is 7.44. The number of amides is 2. The molecule has 138 valence electrons. The molecule has 1 aromatic carbocycles. The third-order valence-electron chi connectivity index (χ3n) is 4.82. The molecule has 1 heterocycles. The number of rotatable bonds is 7. The topological polar surface area (TPSA) is 49.9 Å². The van der Waals surface area contributed by atoms with Crippen LogP contribution in [0.5, 0.6) is 0 Å². The van der Waals surface area contributed by atoms with E-state index in [4.69, 9.17) is 4.74 Å². The first-order valence-corrected chi connectivity index (χ1v) is 9.30. The molecule has 1 aliphatic heterocycles. The normalized spacial score (nSPS) is 20.4. The van der Waals surface area contributed by atoms with Gasteiger partial charge in [-0.1, -0.05) is 30.3 Å². The Hall–Kier alpha value is -1.88. The highest BCUT2D eigenvalue weighted by Gasteiger charge is 2.30. The number of morpholine rings is 1. The maximum atomic E-state index is 12.6. The zero-order valence-electron chi connectivity index (χ0n) is 15.6. The second-order valence-corrected chi connectivity index (χ2v) is 6.55. The largest absolute Gasteiger partial charge is 0.370 e. The number of hydrogen-bond donors (Lipinski definition) is 0. The smallest absolute Gasteiger partial charge is 0.223 e. The first-order valence-electron chi connectivity index (χ1n) is 9.30. The lowest BCUT2D eigenvalue weighted by atomic mass is 10.1. The van der Waals surface area contributed by atoms with Crippen molar-refractivity contribution in [3.8, 4) is 0 Å². The second kappa shape index (κ2) is 9.56. The van der Waals surface area contributed by atoms with E-state index < -0.39 is 0 Å². The molecule has 1 aromatic rings. The minimum Gasteiger partial charge on any atom is -0.370 e. The third kappa shape index (κ3) is 5.30. The highest BCUT2D eigenvalue weighted by Crippen LogP contribution is 2.25. The number of ether oxygens (including phenoxy) is 1. The Morgan fingerprint density at radius 1 is 1.16 bits per heavy atom. The predicted molar refractivity (Wildman–Crippen MR) is 98.1 cm³/mol. The molecule has 5 heteroatoms. The maximum Gasteiger partial charge on any atom is 0.223 e. The molecule has 1 fully saturated rings. The fraction of sp³-hybridized carbons (Fsp3) is 0.600. The van der Waals surface area contributed by atoms with E-state index in [0.717, 1.165) is 18.7 Å². The summed E-state index contributed by atoms with van der Waals surface area (Å²) in [7, 11) is 0. The van der Waals surface area contributed by atoms with E-state index in [2.05, 4.69) is 0 Å². The van der Waals surface area contributed by atoms with Crippen LogP contribution in [0, 0.1) is 0 Å². The van der Waals surface area contributed by atoms with Crippen molar-refractivity contribution in [3.05, 3.63) is 35.9 Å². The molecule has 1 aliphatic rings. The Labute approximate surface area is 150 Å². The Bertz CT molecular complexity index is 557. The van der Waals surface area contributed by atoms with Gasteiger partial charge < -0.3 is 14.5 Å². The van der Waals surface area contributed by atoms with Gasteiger partial charge in [-0.2, -0.15) is 0 Å². The van der Waals surface area contributed by atoms with Crippen molar-refractivity contribution in [2.45, 2.75) is 52.2 Å². The summed E-state index contributed by atoms with van der Waals surface area (Å²) in [6.07, 6.45) is 1.39. The van der Waals surface area contributed by atoms with Crippen LogP contribution in [-0.2, 0) is 14.3 Å². The van der Waals surface area contributed by atoms with Gasteiger partial charge in [0.05, 0.1) is 19.2 Å². The zero-order valence-corrected chi connectivity index (χ0v) is 15.6. The molecule has 0 spiro atoms. The quantitative estimate of drug-likeness (QED) is 0.762. The summed E-state index contributed by atoms with van der Waals surface area (Å²) in [5.74, 6) is 0.249. The molecule has 0 aromatic heterocycles. The Balaban J connectivity index is 1.86. The summed E-state index contributed by atoms with van der Waals surface area (Å²) in [6.45, 7) is 8.54.